The van der Waals surface area contributed by atoms with Gasteiger partial charge in [0.2, 0.25) is 0 Å². The summed E-state index contributed by atoms with van der Waals surface area (Å²) in [6, 6.07) is 3.46. The van der Waals surface area contributed by atoms with Gasteiger partial charge in [-0.2, -0.15) is 0 Å². The van der Waals surface area contributed by atoms with E-state index in [1.807, 2.05) is 13.8 Å². The molecule has 1 aromatic heterocycles. The molecule has 0 atom stereocenters. The smallest absolute Gasteiger partial charge is 0.270 e. The second kappa shape index (κ2) is 6.73. The third-order valence-electron chi connectivity index (χ3n) is 2.76. The zero-order chi connectivity index (χ0) is 16.1. The summed E-state index contributed by atoms with van der Waals surface area (Å²) in [5.74, 6) is 5.47. The van der Waals surface area contributed by atoms with Crippen molar-refractivity contribution in [1.82, 2.24) is 10.3 Å². The van der Waals surface area contributed by atoms with Crippen molar-refractivity contribution in [3.05, 3.63) is 29.6 Å². The highest BCUT2D eigenvalue weighted by Crippen LogP contribution is 2.26. The number of carbonyl (C=O) groups excluding carboxylic acids is 1. The molecule has 0 aliphatic carbocycles. The normalized spacial score (nSPS) is 11.5. The molecular formula is C17H25N3O. The van der Waals surface area contributed by atoms with Crippen LogP contribution >= 0.6 is 0 Å². The Morgan fingerprint density at radius 1 is 1.29 bits per heavy atom. The minimum atomic E-state index is -0.283. The maximum Gasteiger partial charge on any atom is 0.270 e. The van der Waals surface area contributed by atoms with E-state index in [9.17, 15) is 4.79 Å². The monoisotopic (exact) mass is 287 g/mol. The molecule has 0 fully saturated rings. The van der Waals surface area contributed by atoms with Crippen molar-refractivity contribution in [1.29, 1.82) is 0 Å². The Bertz CT molecular complexity index is 542. The molecule has 0 aliphatic heterocycles. The van der Waals surface area contributed by atoms with Crippen LogP contribution in [0.4, 0.5) is 0 Å². The van der Waals surface area contributed by atoms with Gasteiger partial charge in [-0.15, -0.1) is 0 Å². The fourth-order valence-corrected chi connectivity index (χ4v) is 2.50. The molecule has 1 aromatic rings. The van der Waals surface area contributed by atoms with Crippen LogP contribution in [0.2, 0.25) is 0 Å². The first-order valence-corrected chi connectivity index (χ1v) is 7.10. The van der Waals surface area contributed by atoms with Crippen molar-refractivity contribution in [2.45, 2.75) is 46.6 Å². The first-order valence-electron chi connectivity index (χ1n) is 7.10. The number of nitrogens with two attached hydrogens (primary N) is 1. The van der Waals surface area contributed by atoms with Crippen LogP contribution in [0, 0.1) is 17.3 Å². The van der Waals surface area contributed by atoms with Gasteiger partial charge in [0.15, 0.2) is 0 Å². The lowest BCUT2D eigenvalue weighted by atomic mass is 9.82. The number of rotatable bonds is 3. The molecule has 0 aliphatic rings. The van der Waals surface area contributed by atoms with Crippen molar-refractivity contribution in [3.63, 3.8) is 0 Å². The van der Waals surface area contributed by atoms with Gasteiger partial charge in [-0.25, -0.2) is 4.98 Å². The lowest BCUT2D eigenvalue weighted by molar-refractivity contribution is 0.0886. The molecular weight excluding hydrogens is 262 g/mol. The number of nitrogens with one attached hydrogen (secondary N) is 1. The average Bonchev–Trinajstić information content (AvgIpc) is 2.33. The summed E-state index contributed by atoms with van der Waals surface area (Å²) in [4.78, 5) is 16.4. The summed E-state index contributed by atoms with van der Waals surface area (Å²) in [6.45, 7) is 10.8. The third kappa shape index (κ3) is 6.42. The van der Waals surface area contributed by atoms with E-state index in [1.54, 1.807) is 18.3 Å². The summed E-state index contributed by atoms with van der Waals surface area (Å²) < 4.78 is 0. The van der Waals surface area contributed by atoms with Crippen molar-refractivity contribution >= 4 is 5.91 Å². The number of hydrogen-bond donors (Lipinski definition) is 2. The van der Waals surface area contributed by atoms with Crippen LogP contribution in [0.1, 0.15) is 57.1 Å². The topological polar surface area (TPSA) is 68.0 Å². The number of aromatic nitrogens is 1. The summed E-state index contributed by atoms with van der Waals surface area (Å²) in [6.07, 6.45) is 2.47. The van der Waals surface area contributed by atoms with E-state index >= 15 is 0 Å². The summed E-state index contributed by atoms with van der Waals surface area (Å²) >= 11 is 0. The summed E-state index contributed by atoms with van der Waals surface area (Å²) in [5, 5.41) is 3.03. The van der Waals surface area contributed by atoms with Gasteiger partial charge in [-0.3, -0.25) is 4.79 Å². The first-order chi connectivity index (χ1) is 9.63. The maximum absolute atomic E-state index is 12.2. The van der Waals surface area contributed by atoms with Gasteiger partial charge in [0.25, 0.3) is 5.91 Å². The Labute approximate surface area is 127 Å². The Morgan fingerprint density at radius 2 is 1.95 bits per heavy atom. The molecule has 1 heterocycles. The zero-order valence-electron chi connectivity index (χ0n) is 13.6. The Kier molecular flexibility index (Phi) is 5.51. The predicted molar refractivity (Wildman–Crippen MR) is 85.8 cm³/mol. The highest BCUT2D eigenvalue weighted by Gasteiger charge is 2.27. The highest BCUT2D eigenvalue weighted by molar-refractivity contribution is 5.92. The molecule has 4 nitrogen and oxygen atoms in total. The molecule has 0 saturated carbocycles. The fraction of sp³-hybridized carbons (Fsp3) is 0.529. The fourth-order valence-electron chi connectivity index (χ4n) is 2.50. The van der Waals surface area contributed by atoms with Gasteiger partial charge in [-0.1, -0.05) is 32.6 Å². The van der Waals surface area contributed by atoms with E-state index in [2.05, 4.69) is 42.9 Å². The zero-order valence-corrected chi connectivity index (χ0v) is 13.6. The summed E-state index contributed by atoms with van der Waals surface area (Å²) in [5.41, 5.74) is 6.33. The standard InChI is InChI=1S/C17H25N3O/c1-16(2,3)12-17(4,5)20-15(21)14-9-8-13(11-19-14)7-6-10-18/h8-9,11H,10,12,18H2,1-5H3,(H,20,21). The molecule has 3 N–H and O–H groups in total. The quantitative estimate of drug-likeness (QED) is 0.838. The second-order valence-electron chi connectivity index (χ2n) is 7.01. The molecule has 0 radical (unpaired) electrons. The minimum Gasteiger partial charge on any atom is -0.346 e. The molecule has 21 heavy (non-hydrogen) atoms. The number of hydrogen-bond acceptors (Lipinski definition) is 3. The van der Waals surface area contributed by atoms with E-state index in [4.69, 9.17) is 5.73 Å². The number of nitrogens with zero attached hydrogens (tertiary/aromatic N) is 1. The van der Waals surface area contributed by atoms with Gasteiger partial charge in [0, 0.05) is 17.3 Å². The molecule has 4 heteroatoms. The van der Waals surface area contributed by atoms with Gasteiger partial charge < -0.3 is 11.1 Å². The van der Waals surface area contributed by atoms with Crippen LogP contribution in [0.5, 0.6) is 0 Å². The van der Waals surface area contributed by atoms with E-state index in [0.717, 1.165) is 12.0 Å². The highest BCUT2D eigenvalue weighted by atomic mass is 16.2. The van der Waals surface area contributed by atoms with Gasteiger partial charge in [-0.05, 0) is 37.8 Å². The molecule has 1 amide bonds. The van der Waals surface area contributed by atoms with E-state index in [0.29, 0.717) is 12.2 Å². The molecule has 0 bridgehead atoms. The first kappa shape index (κ1) is 17.2. The minimum absolute atomic E-state index is 0.145. The van der Waals surface area contributed by atoms with Crippen LogP contribution < -0.4 is 11.1 Å². The number of amides is 1. The van der Waals surface area contributed by atoms with Gasteiger partial charge >= 0.3 is 0 Å². The molecule has 1 rings (SSSR count). The number of pyridine rings is 1. The van der Waals surface area contributed by atoms with Crippen LogP contribution in [-0.2, 0) is 0 Å². The average molecular weight is 287 g/mol. The SMILES string of the molecule is CC(C)(C)CC(C)(C)NC(=O)c1ccc(C#CCN)cn1. The Morgan fingerprint density at radius 3 is 2.43 bits per heavy atom. The van der Waals surface area contributed by atoms with Crippen molar-refractivity contribution in [3.8, 4) is 11.8 Å². The lowest BCUT2D eigenvalue weighted by Crippen LogP contribution is -2.46. The Hall–Kier alpha value is -1.86. The second-order valence-corrected chi connectivity index (χ2v) is 7.01. The van der Waals surface area contributed by atoms with Gasteiger partial charge in [0.05, 0.1) is 6.54 Å². The molecule has 0 spiro atoms. The third-order valence-corrected chi connectivity index (χ3v) is 2.76. The van der Waals surface area contributed by atoms with Crippen LogP contribution in [0.15, 0.2) is 18.3 Å². The number of carbonyl (C=O) groups is 1. The molecule has 0 aromatic carbocycles. The van der Waals surface area contributed by atoms with Crippen molar-refractivity contribution < 1.29 is 4.79 Å². The van der Waals surface area contributed by atoms with E-state index in [1.165, 1.54) is 0 Å². The van der Waals surface area contributed by atoms with Crippen LogP contribution in [0.25, 0.3) is 0 Å². The van der Waals surface area contributed by atoms with Crippen molar-refractivity contribution in [2.75, 3.05) is 6.54 Å². The van der Waals surface area contributed by atoms with E-state index in [-0.39, 0.29) is 16.9 Å². The largest absolute Gasteiger partial charge is 0.346 e. The van der Waals surface area contributed by atoms with Crippen LogP contribution in [0.3, 0.4) is 0 Å². The molecule has 0 saturated heterocycles. The Balaban J connectivity index is 2.76. The van der Waals surface area contributed by atoms with Crippen LogP contribution in [-0.4, -0.2) is 23.0 Å². The molecule has 114 valence electrons. The predicted octanol–water partition coefficient (Wildman–Crippen LogP) is 2.34. The lowest BCUT2D eigenvalue weighted by Gasteiger charge is -2.33. The summed E-state index contributed by atoms with van der Waals surface area (Å²) in [7, 11) is 0. The molecule has 0 unspecified atom stereocenters. The van der Waals surface area contributed by atoms with Crippen molar-refractivity contribution in [2.24, 2.45) is 11.1 Å². The van der Waals surface area contributed by atoms with E-state index < -0.39 is 0 Å². The maximum atomic E-state index is 12.2. The van der Waals surface area contributed by atoms with Gasteiger partial charge in [0.1, 0.15) is 5.69 Å².